The number of aryl methyl sites for hydroxylation is 1. The first-order chi connectivity index (χ1) is 14.7. The summed E-state index contributed by atoms with van der Waals surface area (Å²) < 4.78 is 11.5. The highest BCUT2D eigenvalue weighted by Gasteiger charge is 2.25. The Balaban J connectivity index is 1.69. The van der Waals surface area contributed by atoms with Crippen molar-refractivity contribution in [3.8, 4) is 0 Å². The van der Waals surface area contributed by atoms with Gasteiger partial charge in [-0.15, -0.1) is 0 Å². The molecule has 4 aromatic rings. The molecule has 1 aliphatic rings. The number of carbonyl (C=O) groups excluding carboxylic acids is 1. The first-order valence-corrected chi connectivity index (χ1v) is 10.3. The molecule has 0 radical (unpaired) electrons. The van der Waals surface area contributed by atoms with Crippen LogP contribution in [0.5, 0.6) is 0 Å². The topological polar surface area (TPSA) is 71.4 Å². The number of amides is 1. The summed E-state index contributed by atoms with van der Waals surface area (Å²) in [5.74, 6) is 1.38. The van der Waals surface area contributed by atoms with Crippen LogP contribution >= 0.6 is 0 Å². The second-order valence-corrected chi connectivity index (χ2v) is 7.35. The van der Waals surface area contributed by atoms with Crippen molar-refractivity contribution >= 4 is 39.6 Å². The van der Waals surface area contributed by atoms with Gasteiger partial charge < -0.3 is 19.0 Å². The van der Waals surface area contributed by atoms with E-state index in [0.717, 1.165) is 39.7 Å². The predicted molar refractivity (Wildman–Crippen MR) is 117 cm³/mol. The Bertz CT molecular complexity index is 1210. The molecule has 0 unspecified atom stereocenters. The van der Waals surface area contributed by atoms with E-state index < -0.39 is 0 Å². The van der Waals surface area contributed by atoms with E-state index in [1.54, 1.807) is 0 Å². The molecule has 6 nitrogen and oxygen atoms in total. The quantitative estimate of drug-likeness (QED) is 0.519. The molecular weight excluding hydrogens is 378 g/mol. The van der Waals surface area contributed by atoms with Crippen molar-refractivity contribution in [3.63, 3.8) is 0 Å². The fraction of sp³-hybridized carbons (Fsp3) is 0.250. The molecule has 1 N–H and O–H groups in total. The molecule has 0 atom stereocenters. The van der Waals surface area contributed by atoms with Crippen molar-refractivity contribution in [1.29, 1.82) is 0 Å². The fourth-order valence-electron chi connectivity index (χ4n) is 3.93. The van der Waals surface area contributed by atoms with Gasteiger partial charge in [-0.1, -0.05) is 37.3 Å². The van der Waals surface area contributed by atoms with E-state index in [9.17, 15) is 4.79 Å². The number of furan rings is 1. The molecule has 30 heavy (non-hydrogen) atoms. The number of hydrogen-bond acceptors (Lipinski definition) is 4. The van der Waals surface area contributed by atoms with E-state index in [1.807, 2.05) is 59.5 Å². The Kier molecular flexibility index (Phi) is 4.85. The van der Waals surface area contributed by atoms with Crippen LogP contribution in [-0.2, 0) is 16.0 Å². The number of imidazole rings is 1. The van der Waals surface area contributed by atoms with Crippen LogP contribution in [0.4, 0.5) is 0 Å². The Labute approximate surface area is 174 Å². The number of carbonyl (C=O) groups is 1. The molecule has 2 aromatic heterocycles. The summed E-state index contributed by atoms with van der Waals surface area (Å²) in [6.45, 7) is 4.30. The lowest BCUT2D eigenvalue weighted by Gasteiger charge is -2.27. The Morgan fingerprint density at radius 2 is 1.90 bits per heavy atom. The highest BCUT2D eigenvalue weighted by Crippen LogP contribution is 2.31. The van der Waals surface area contributed by atoms with Gasteiger partial charge in [0.2, 0.25) is 0 Å². The Hall–Kier alpha value is -3.38. The van der Waals surface area contributed by atoms with E-state index in [-0.39, 0.29) is 5.91 Å². The number of benzene rings is 2. The molecule has 152 valence electrons. The van der Waals surface area contributed by atoms with Crippen LogP contribution in [-0.4, -0.2) is 47.1 Å². The number of ether oxygens (including phenoxy) is 1. The average Bonchev–Trinajstić information content (AvgIpc) is 3.38. The number of H-pyrrole nitrogens is 1. The van der Waals surface area contributed by atoms with E-state index in [4.69, 9.17) is 14.1 Å². The maximum atomic E-state index is 13.5. The number of rotatable bonds is 4. The second kappa shape index (κ2) is 7.80. The molecule has 1 saturated heterocycles. The van der Waals surface area contributed by atoms with Gasteiger partial charge in [-0.05, 0) is 24.3 Å². The summed E-state index contributed by atoms with van der Waals surface area (Å²) in [7, 11) is 0. The van der Waals surface area contributed by atoms with Crippen LogP contribution in [0.2, 0.25) is 0 Å². The average molecular weight is 401 g/mol. The molecule has 0 saturated carbocycles. The molecule has 0 bridgehead atoms. The first-order valence-electron chi connectivity index (χ1n) is 10.3. The van der Waals surface area contributed by atoms with E-state index in [2.05, 4.69) is 11.9 Å². The molecule has 5 rings (SSSR count). The normalized spacial score (nSPS) is 15.2. The van der Waals surface area contributed by atoms with E-state index >= 15 is 0 Å². The van der Waals surface area contributed by atoms with Gasteiger partial charge in [-0.3, -0.25) is 4.79 Å². The lowest BCUT2D eigenvalue weighted by molar-refractivity contribution is -0.128. The van der Waals surface area contributed by atoms with E-state index in [1.165, 1.54) is 0 Å². The van der Waals surface area contributed by atoms with Crippen LogP contribution < -0.4 is 0 Å². The summed E-state index contributed by atoms with van der Waals surface area (Å²) in [5.41, 5.74) is 4.03. The second-order valence-electron chi connectivity index (χ2n) is 7.35. The minimum absolute atomic E-state index is 0.0512. The summed E-state index contributed by atoms with van der Waals surface area (Å²) in [6.07, 6.45) is 2.67. The highest BCUT2D eigenvalue weighted by molar-refractivity contribution is 6.24. The molecule has 1 aliphatic heterocycles. The largest absolute Gasteiger partial charge is 0.460 e. The predicted octanol–water partition coefficient (Wildman–Crippen LogP) is 4.27. The SMILES string of the molecule is CCc1oc2ccccc2c1C=C(C(=O)N1CCOCC1)c1nc2ccccc2[nH]1. The lowest BCUT2D eigenvalue weighted by Crippen LogP contribution is -2.41. The van der Waals surface area contributed by atoms with Crippen molar-refractivity contribution in [3.05, 3.63) is 65.7 Å². The molecule has 3 heterocycles. The zero-order chi connectivity index (χ0) is 20.5. The van der Waals surface area contributed by atoms with E-state index in [0.29, 0.717) is 37.7 Å². The third kappa shape index (κ3) is 3.29. The summed E-state index contributed by atoms with van der Waals surface area (Å²) in [5, 5.41) is 0.998. The molecular formula is C24H23N3O3. The van der Waals surface area contributed by atoms with Crippen LogP contribution in [0.15, 0.2) is 52.9 Å². The number of hydrogen-bond donors (Lipinski definition) is 1. The number of para-hydroxylation sites is 3. The molecule has 1 amide bonds. The Morgan fingerprint density at radius 3 is 2.70 bits per heavy atom. The minimum atomic E-state index is -0.0512. The zero-order valence-corrected chi connectivity index (χ0v) is 16.9. The van der Waals surface area contributed by atoms with Gasteiger partial charge in [0.1, 0.15) is 17.2 Å². The van der Waals surface area contributed by atoms with Crippen molar-refractivity contribution < 1.29 is 13.9 Å². The zero-order valence-electron chi connectivity index (χ0n) is 16.9. The number of aromatic amines is 1. The van der Waals surface area contributed by atoms with Gasteiger partial charge in [0, 0.05) is 30.5 Å². The maximum absolute atomic E-state index is 13.5. The lowest BCUT2D eigenvalue weighted by atomic mass is 10.0. The maximum Gasteiger partial charge on any atom is 0.257 e. The van der Waals surface area contributed by atoms with Crippen molar-refractivity contribution in [2.45, 2.75) is 13.3 Å². The third-order valence-electron chi connectivity index (χ3n) is 5.49. The highest BCUT2D eigenvalue weighted by atomic mass is 16.5. The van der Waals surface area contributed by atoms with Gasteiger partial charge in [0.25, 0.3) is 5.91 Å². The molecule has 0 spiro atoms. The van der Waals surface area contributed by atoms with Gasteiger partial charge in [-0.25, -0.2) is 4.98 Å². The summed E-state index contributed by atoms with van der Waals surface area (Å²) >= 11 is 0. The molecule has 1 fully saturated rings. The van der Waals surface area contributed by atoms with Crippen LogP contribution in [0, 0.1) is 0 Å². The van der Waals surface area contributed by atoms with Gasteiger partial charge in [0.15, 0.2) is 0 Å². The van der Waals surface area contributed by atoms with Gasteiger partial charge in [0.05, 0.1) is 29.8 Å². The molecule has 0 aliphatic carbocycles. The van der Waals surface area contributed by atoms with Crippen LogP contribution in [0.3, 0.4) is 0 Å². The summed E-state index contributed by atoms with van der Waals surface area (Å²) in [4.78, 5) is 23.4. The van der Waals surface area contributed by atoms with Crippen molar-refractivity contribution in [1.82, 2.24) is 14.9 Å². The number of fused-ring (bicyclic) bond motifs is 2. The Morgan fingerprint density at radius 1 is 1.13 bits per heavy atom. The van der Waals surface area contributed by atoms with Crippen LogP contribution in [0.25, 0.3) is 33.7 Å². The molecule has 6 heteroatoms. The first kappa shape index (κ1) is 18.6. The smallest absolute Gasteiger partial charge is 0.257 e. The fourth-order valence-corrected chi connectivity index (χ4v) is 3.93. The minimum Gasteiger partial charge on any atom is -0.460 e. The van der Waals surface area contributed by atoms with Gasteiger partial charge >= 0.3 is 0 Å². The van der Waals surface area contributed by atoms with Crippen molar-refractivity contribution in [2.24, 2.45) is 0 Å². The molecule has 2 aromatic carbocycles. The van der Waals surface area contributed by atoms with Crippen molar-refractivity contribution in [2.75, 3.05) is 26.3 Å². The number of morpholine rings is 1. The summed E-state index contributed by atoms with van der Waals surface area (Å²) in [6, 6.07) is 15.7. The number of nitrogens with one attached hydrogen (secondary N) is 1. The number of aromatic nitrogens is 2. The van der Waals surface area contributed by atoms with Crippen LogP contribution in [0.1, 0.15) is 24.1 Å². The van der Waals surface area contributed by atoms with Gasteiger partial charge in [-0.2, -0.15) is 0 Å². The number of nitrogens with zero attached hydrogens (tertiary/aromatic N) is 2. The standard InChI is InChI=1S/C24H23N3O3/c1-2-21-17(16-7-3-6-10-22(16)30-21)15-18(24(28)27-11-13-29-14-12-27)23-25-19-8-4-5-9-20(19)26-23/h3-10,15H,2,11-14H2,1H3,(H,25,26). The monoisotopic (exact) mass is 401 g/mol. The third-order valence-corrected chi connectivity index (χ3v) is 5.49.